The summed E-state index contributed by atoms with van der Waals surface area (Å²) in [5.74, 6) is 4.87. The van der Waals surface area contributed by atoms with Crippen molar-refractivity contribution >= 4 is 5.91 Å². The fraction of sp³-hybridized carbons (Fsp3) is 0.462. The molecule has 18 heavy (non-hydrogen) atoms. The van der Waals surface area contributed by atoms with Crippen molar-refractivity contribution in [2.45, 2.75) is 26.0 Å². The van der Waals surface area contributed by atoms with Gasteiger partial charge in [-0.3, -0.25) is 10.2 Å². The topological polar surface area (TPSA) is 78.6 Å². The Kier molecular flexibility index (Phi) is 5.77. The molecule has 4 N–H and O–H groups in total. The Morgan fingerprint density at radius 2 is 2.17 bits per heavy atom. The summed E-state index contributed by atoms with van der Waals surface area (Å²) in [7, 11) is 1.96. The van der Waals surface area contributed by atoms with Crippen LogP contribution in [0.4, 0.5) is 0 Å². The molecule has 0 bridgehead atoms. The van der Waals surface area contributed by atoms with E-state index in [-0.39, 0.29) is 12.0 Å². The minimum atomic E-state index is -0.310. The number of hydrazine groups is 1. The number of nitrogens with two attached hydrogens (primary N) is 1. The molecule has 0 fully saturated rings. The molecular weight excluding hydrogens is 230 g/mol. The van der Waals surface area contributed by atoms with E-state index in [4.69, 9.17) is 5.84 Å². The summed E-state index contributed by atoms with van der Waals surface area (Å²) >= 11 is 0. The Balaban J connectivity index is 2.69. The summed E-state index contributed by atoms with van der Waals surface area (Å²) in [6.07, 6.45) is 0.400. The van der Waals surface area contributed by atoms with Gasteiger partial charge in [0, 0.05) is 18.7 Å². The minimum absolute atomic E-state index is 0.283. The Hall–Kier alpha value is -1.43. The fourth-order valence-electron chi connectivity index (χ4n) is 1.73. The van der Waals surface area contributed by atoms with Crippen molar-refractivity contribution in [1.29, 1.82) is 0 Å². The van der Waals surface area contributed by atoms with Crippen molar-refractivity contribution in [3.05, 3.63) is 35.4 Å². The average Bonchev–Trinajstić information content (AvgIpc) is 2.36. The molecule has 5 heteroatoms. The van der Waals surface area contributed by atoms with Gasteiger partial charge in [-0.15, -0.1) is 0 Å². The van der Waals surface area contributed by atoms with Crippen molar-refractivity contribution in [3.8, 4) is 0 Å². The predicted octanol–water partition coefficient (Wildman–Crippen LogP) is 0.493. The molecule has 0 spiro atoms. The summed E-state index contributed by atoms with van der Waals surface area (Å²) in [5, 5.41) is 9.24. The van der Waals surface area contributed by atoms with Crippen LogP contribution in [0.25, 0.3) is 0 Å². The summed E-state index contributed by atoms with van der Waals surface area (Å²) in [5.41, 5.74) is 3.66. The molecule has 0 aliphatic heterocycles. The van der Waals surface area contributed by atoms with Gasteiger partial charge in [0.15, 0.2) is 0 Å². The first-order valence-corrected chi connectivity index (χ1v) is 6.00. The van der Waals surface area contributed by atoms with Gasteiger partial charge in [-0.05, 0) is 32.0 Å². The van der Waals surface area contributed by atoms with Gasteiger partial charge < -0.3 is 10.0 Å². The minimum Gasteiger partial charge on any atom is -0.393 e. The zero-order valence-corrected chi connectivity index (χ0v) is 10.9. The van der Waals surface area contributed by atoms with Gasteiger partial charge in [0.25, 0.3) is 5.91 Å². The standard InChI is InChI=1S/C13H21N3O2/c1-10(17)7-8-16(2)9-11-5-3-4-6-12(11)13(18)15-14/h3-6,10,17H,7-9,14H2,1-2H3,(H,15,18). The largest absolute Gasteiger partial charge is 0.393 e. The molecule has 1 aromatic carbocycles. The van der Waals surface area contributed by atoms with Crippen LogP contribution in [0.1, 0.15) is 29.3 Å². The maximum absolute atomic E-state index is 11.6. The van der Waals surface area contributed by atoms with Crippen LogP contribution in [0.2, 0.25) is 0 Å². The van der Waals surface area contributed by atoms with E-state index in [1.54, 1.807) is 13.0 Å². The molecule has 0 radical (unpaired) electrons. The van der Waals surface area contributed by atoms with Crippen molar-refractivity contribution in [3.63, 3.8) is 0 Å². The molecule has 1 unspecified atom stereocenters. The smallest absolute Gasteiger partial charge is 0.265 e. The Morgan fingerprint density at radius 3 is 2.78 bits per heavy atom. The van der Waals surface area contributed by atoms with E-state index < -0.39 is 0 Å². The highest BCUT2D eigenvalue weighted by Crippen LogP contribution is 2.11. The van der Waals surface area contributed by atoms with Gasteiger partial charge in [0.05, 0.1) is 6.10 Å². The summed E-state index contributed by atoms with van der Waals surface area (Å²) in [6.45, 7) is 3.19. The van der Waals surface area contributed by atoms with Crippen molar-refractivity contribution < 1.29 is 9.90 Å². The molecule has 1 atom stereocenters. The number of nitrogens with zero attached hydrogens (tertiary/aromatic N) is 1. The third kappa shape index (κ3) is 4.44. The second-order valence-electron chi connectivity index (χ2n) is 4.51. The van der Waals surface area contributed by atoms with Crippen molar-refractivity contribution in [1.82, 2.24) is 10.3 Å². The van der Waals surface area contributed by atoms with Gasteiger partial charge in [-0.25, -0.2) is 5.84 Å². The Labute approximate surface area is 108 Å². The summed E-state index contributed by atoms with van der Waals surface area (Å²) in [6, 6.07) is 7.36. The quantitative estimate of drug-likeness (QED) is 0.391. The number of hydrogen-bond donors (Lipinski definition) is 3. The molecule has 100 valence electrons. The maximum Gasteiger partial charge on any atom is 0.265 e. The second kappa shape index (κ2) is 7.10. The predicted molar refractivity (Wildman–Crippen MR) is 70.7 cm³/mol. The first-order valence-electron chi connectivity index (χ1n) is 6.00. The number of aliphatic hydroxyl groups is 1. The highest BCUT2D eigenvalue weighted by atomic mass is 16.3. The number of rotatable bonds is 6. The van der Waals surface area contributed by atoms with E-state index in [1.165, 1.54) is 0 Å². The van der Waals surface area contributed by atoms with E-state index in [2.05, 4.69) is 10.3 Å². The number of nitrogens with one attached hydrogen (secondary N) is 1. The van der Waals surface area contributed by atoms with Crippen LogP contribution in [-0.4, -0.2) is 35.6 Å². The van der Waals surface area contributed by atoms with E-state index in [0.717, 1.165) is 12.1 Å². The number of nitrogen functional groups attached to an aromatic ring is 1. The molecule has 1 aromatic rings. The molecule has 0 saturated heterocycles. The first-order chi connectivity index (χ1) is 8.54. The zero-order chi connectivity index (χ0) is 13.5. The zero-order valence-electron chi connectivity index (χ0n) is 10.9. The number of hydrogen-bond acceptors (Lipinski definition) is 4. The Morgan fingerprint density at radius 1 is 1.50 bits per heavy atom. The highest BCUT2D eigenvalue weighted by Gasteiger charge is 2.11. The summed E-state index contributed by atoms with van der Waals surface area (Å²) < 4.78 is 0. The molecule has 0 aromatic heterocycles. The molecular formula is C13H21N3O2. The third-order valence-corrected chi connectivity index (χ3v) is 2.76. The van der Waals surface area contributed by atoms with Crippen LogP contribution in [0.15, 0.2) is 24.3 Å². The van der Waals surface area contributed by atoms with Gasteiger partial charge >= 0.3 is 0 Å². The van der Waals surface area contributed by atoms with Gasteiger partial charge in [0.2, 0.25) is 0 Å². The number of aliphatic hydroxyl groups excluding tert-OH is 1. The first kappa shape index (κ1) is 14.6. The van der Waals surface area contributed by atoms with E-state index in [0.29, 0.717) is 18.5 Å². The highest BCUT2D eigenvalue weighted by molar-refractivity contribution is 5.95. The van der Waals surface area contributed by atoms with Crippen LogP contribution < -0.4 is 11.3 Å². The lowest BCUT2D eigenvalue weighted by molar-refractivity contribution is 0.0951. The van der Waals surface area contributed by atoms with Crippen LogP contribution in [0, 0.1) is 0 Å². The normalized spacial score (nSPS) is 12.5. The molecule has 0 aliphatic rings. The SMILES string of the molecule is CC(O)CCN(C)Cc1ccccc1C(=O)NN. The monoisotopic (exact) mass is 251 g/mol. The van der Waals surface area contributed by atoms with Crippen LogP contribution in [0.3, 0.4) is 0 Å². The lowest BCUT2D eigenvalue weighted by atomic mass is 10.1. The molecule has 0 aliphatic carbocycles. The lowest BCUT2D eigenvalue weighted by Gasteiger charge is -2.19. The van der Waals surface area contributed by atoms with Crippen LogP contribution in [0.5, 0.6) is 0 Å². The maximum atomic E-state index is 11.6. The van der Waals surface area contributed by atoms with Crippen LogP contribution >= 0.6 is 0 Å². The number of carbonyl (C=O) groups excluding carboxylic acids is 1. The van der Waals surface area contributed by atoms with Gasteiger partial charge in [-0.2, -0.15) is 0 Å². The van der Waals surface area contributed by atoms with Gasteiger partial charge in [-0.1, -0.05) is 18.2 Å². The summed E-state index contributed by atoms with van der Waals surface area (Å²) in [4.78, 5) is 13.7. The van der Waals surface area contributed by atoms with Gasteiger partial charge in [0.1, 0.15) is 0 Å². The average molecular weight is 251 g/mol. The molecule has 0 heterocycles. The molecule has 1 rings (SSSR count). The molecule has 5 nitrogen and oxygen atoms in total. The fourth-order valence-corrected chi connectivity index (χ4v) is 1.73. The van der Waals surface area contributed by atoms with Crippen LogP contribution in [-0.2, 0) is 6.54 Å². The number of carbonyl (C=O) groups is 1. The van der Waals surface area contributed by atoms with E-state index in [1.807, 2.05) is 25.2 Å². The third-order valence-electron chi connectivity index (χ3n) is 2.76. The van der Waals surface area contributed by atoms with E-state index >= 15 is 0 Å². The van der Waals surface area contributed by atoms with Crippen molar-refractivity contribution in [2.75, 3.05) is 13.6 Å². The number of amides is 1. The second-order valence-corrected chi connectivity index (χ2v) is 4.51. The Bertz CT molecular complexity index is 394. The number of benzene rings is 1. The molecule has 1 amide bonds. The van der Waals surface area contributed by atoms with E-state index in [9.17, 15) is 9.90 Å². The lowest BCUT2D eigenvalue weighted by Crippen LogP contribution is -2.31. The van der Waals surface area contributed by atoms with Crippen molar-refractivity contribution in [2.24, 2.45) is 5.84 Å². The molecule has 0 saturated carbocycles.